The van der Waals surface area contributed by atoms with Crippen LogP contribution in [-0.4, -0.2) is 57.9 Å². The van der Waals surface area contributed by atoms with Crippen LogP contribution in [0, 0.1) is 23.1 Å². The molecular formula is C21H25FN7O3-. The molecular weight excluding hydrogens is 417 g/mol. The highest BCUT2D eigenvalue weighted by Crippen LogP contribution is 2.43. The summed E-state index contributed by atoms with van der Waals surface area (Å²) in [6, 6.07) is 7.23. The minimum atomic E-state index is -1.35. The molecule has 1 aliphatic heterocycles. The summed E-state index contributed by atoms with van der Waals surface area (Å²) < 4.78 is 14.7. The molecule has 1 aromatic carbocycles. The maximum absolute atomic E-state index is 13.2. The lowest BCUT2D eigenvalue weighted by molar-refractivity contribution is -0.283. The highest BCUT2D eigenvalue weighted by atomic mass is 19.1. The third-order valence-corrected chi connectivity index (χ3v) is 6.10. The van der Waals surface area contributed by atoms with E-state index in [1.54, 1.807) is 19.0 Å². The van der Waals surface area contributed by atoms with E-state index < -0.39 is 35.4 Å². The molecule has 1 fully saturated rings. The summed E-state index contributed by atoms with van der Waals surface area (Å²) in [6.07, 6.45) is 0.732. The summed E-state index contributed by atoms with van der Waals surface area (Å²) in [5.74, 6) is -1.79. The van der Waals surface area contributed by atoms with Crippen LogP contribution in [0.4, 0.5) is 20.7 Å². The number of anilines is 2. The van der Waals surface area contributed by atoms with E-state index in [4.69, 9.17) is 5.73 Å². The predicted octanol–water partition coefficient (Wildman–Crippen LogP) is 1.26. The number of nitrogens with two attached hydrogens (primary N) is 1. The summed E-state index contributed by atoms with van der Waals surface area (Å²) in [4.78, 5) is 26.8. The SMILES string of the molecule is CCC1(N(C)C)C(C#N)C(n2cc(C(N)=O)c(Nc3ccc(F)cc3)n2)CCN1C(=O)[O-]. The Balaban J connectivity index is 2.04. The van der Waals surface area contributed by atoms with Crippen molar-refractivity contribution in [2.45, 2.75) is 31.5 Å². The van der Waals surface area contributed by atoms with Crippen molar-refractivity contribution >= 4 is 23.5 Å². The molecule has 3 rings (SSSR count). The first-order chi connectivity index (χ1) is 15.1. The van der Waals surface area contributed by atoms with Crippen LogP contribution in [0.25, 0.3) is 0 Å². The Kier molecular flexibility index (Phi) is 6.36. The Bertz CT molecular complexity index is 1050. The van der Waals surface area contributed by atoms with Gasteiger partial charge in [-0.1, -0.05) is 6.92 Å². The van der Waals surface area contributed by atoms with Gasteiger partial charge < -0.3 is 25.9 Å². The topological polar surface area (TPSA) is 143 Å². The van der Waals surface area contributed by atoms with Crippen molar-refractivity contribution in [1.82, 2.24) is 19.6 Å². The van der Waals surface area contributed by atoms with Crippen LogP contribution >= 0.6 is 0 Å². The molecule has 11 heteroatoms. The van der Waals surface area contributed by atoms with Crippen molar-refractivity contribution in [3.05, 3.63) is 41.8 Å². The van der Waals surface area contributed by atoms with E-state index in [-0.39, 0.29) is 24.3 Å². The molecule has 3 unspecified atom stereocenters. The van der Waals surface area contributed by atoms with Crippen LogP contribution in [0.1, 0.15) is 36.2 Å². The molecule has 0 bridgehead atoms. The number of nitrogens with one attached hydrogen (secondary N) is 1. The van der Waals surface area contributed by atoms with Crippen molar-refractivity contribution in [3.63, 3.8) is 0 Å². The van der Waals surface area contributed by atoms with E-state index in [1.165, 1.54) is 40.0 Å². The average molecular weight is 442 g/mol. The monoisotopic (exact) mass is 442 g/mol. The number of carboxylic acid groups (broad SMARTS) is 1. The number of piperidine rings is 1. The highest BCUT2D eigenvalue weighted by molar-refractivity contribution is 5.98. The summed E-state index contributed by atoms with van der Waals surface area (Å²) in [6.45, 7) is 1.94. The number of carbonyl (C=O) groups is 2. The van der Waals surface area contributed by atoms with Gasteiger partial charge in [0.15, 0.2) is 5.82 Å². The van der Waals surface area contributed by atoms with Crippen LogP contribution < -0.4 is 16.2 Å². The lowest BCUT2D eigenvalue weighted by Crippen LogP contribution is -2.70. The van der Waals surface area contributed by atoms with Gasteiger partial charge >= 0.3 is 0 Å². The second-order valence-corrected chi connectivity index (χ2v) is 7.87. The second kappa shape index (κ2) is 8.84. The lowest BCUT2D eigenvalue weighted by Gasteiger charge is -2.56. The normalized spacial score (nSPS) is 23.1. The molecule has 1 aliphatic rings. The average Bonchev–Trinajstić information content (AvgIpc) is 3.17. The second-order valence-electron chi connectivity index (χ2n) is 7.87. The Labute approximate surface area is 185 Å². The first-order valence-corrected chi connectivity index (χ1v) is 10.1. The lowest BCUT2D eigenvalue weighted by atomic mass is 9.78. The third-order valence-electron chi connectivity index (χ3n) is 6.10. The number of hydrogen-bond donors (Lipinski definition) is 2. The summed E-state index contributed by atoms with van der Waals surface area (Å²) in [5, 5.41) is 29.4. The molecule has 32 heavy (non-hydrogen) atoms. The van der Waals surface area contributed by atoms with Crippen LogP contribution in [-0.2, 0) is 0 Å². The Morgan fingerprint density at radius 2 is 2.06 bits per heavy atom. The first kappa shape index (κ1) is 23.0. The van der Waals surface area contributed by atoms with E-state index in [9.17, 15) is 24.3 Å². The number of benzene rings is 1. The van der Waals surface area contributed by atoms with Gasteiger partial charge in [0.25, 0.3) is 5.91 Å². The molecule has 1 saturated heterocycles. The van der Waals surface area contributed by atoms with Gasteiger partial charge in [0.1, 0.15) is 29.1 Å². The minimum absolute atomic E-state index is 0.0975. The third kappa shape index (κ3) is 3.85. The standard InChI is InChI=1S/C21H26FN7O3/c1-4-21(27(2)3)16(11-23)17(9-10-28(21)20(31)32)29-12-15(18(24)30)19(26-29)25-14-7-5-13(22)6-8-14/h5-8,12,16-17H,4,9-10H2,1-3H3,(H2,24,30)(H,25,26)(H,31,32)/p-1. The molecule has 3 atom stereocenters. The number of carbonyl (C=O) groups excluding carboxylic acids is 2. The molecule has 170 valence electrons. The zero-order valence-corrected chi connectivity index (χ0v) is 18.1. The van der Waals surface area contributed by atoms with E-state index in [1.807, 2.05) is 6.92 Å². The Morgan fingerprint density at radius 1 is 1.41 bits per heavy atom. The van der Waals surface area contributed by atoms with Gasteiger partial charge in [0.2, 0.25) is 0 Å². The number of nitriles is 1. The van der Waals surface area contributed by atoms with Crippen molar-refractivity contribution in [3.8, 4) is 6.07 Å². The molecule has 0 saturated carbocycles. The van der Waals surface area contributed by atoms with Gasteiger partial charge in [-0.25, -0.2) is 4.39 Å². The fourth-order valence-electron chi connectivity index (χ4n) is 4.57. The summed E-state index contributed by atoms with van der Waals surface area (Å²) in [7, 11) is 3.43. The number of primary amides is 1. The maximum atomic E-state index is 13.2. The number of likely N-dealkylation sites (tertiary alicyclic amines) is 1. The van der Waals surface area contributed by atoms with Crippen molar-refractivity contribution < 1.29 is 19.1 Å². The first-order valence-electron chi connectivity index (χ1n) is 10.1. The van der Waals surface area contributed by atoms with Crippen LogP contribution in [0.2, 0.25) is 0 Å². The fraction of sp³-hybridized carbons (Fsp3) is 0.429. The zero-order valence-electron chi connectivity index (χ0n) is 18.1. The molecule has 0 aliphatic carbocycles. The van der Waals surface area contributed by atoms with E-state index in [2.05, 4.69) is 16.5 Å². The van der Waals surface area contributed by atoms with Gasteiger partial charge in [-0.2, -0.15) is 10.4 Å². The molecule has 10 nitrogen and oxygen atoms in total. The van der Waals surface area contributed by atoms with Gasteiger partial charge in [-0.15, -0.1) is 0 Å². The smallest absolute Gasteiger partial charge is 0.254 e. The van der Waals surface area contributed by atoms with Gasteiger partial charge in [-0.3, -0.25) is 14.4 Å². The highest BCUT2D eigenvalue weighted by Gasteiger charge is 2.52. The molecule has 2 heterocycles. The quantitative estimate of drug-likeness (QED) is 0.685. The maximum Gasteiger partial charge on any atom is 0.254 e. The summed E-state index contributed by atoms with van der Waals surface area (Å²) >= 11 is 0. The molecule has 3 N–H and O–H groups in total. The zero-order chi connectivity index (χ0) is 23.6. The largest absolute Gasteiger partial charge is 0.530 e. The summed E-state index contributed by atoms with van der Waals surface area (Å²) in [5.41, 5.74) is 4.99. The number of amides is 2. The Morgan fingerprint density at radius 3 is 2.56 bits per heavy atom. The van der Waals surface area contributed by atoms with E-state index >= 15 is 0 Å². The van der Waals surface area contributed by atoms with Gasteiger partial charge in [-0.05, 0) is 51.2 Å². The minimum Gasteiger partial charge on any atom is -0.530 e. The number of aromatic nitrogens is 2. The van der Waals surface area contributed by atoms with E-state index in [0.29, 0.717) is 12.1 Å². The number of nitrogens with zero attached hydrogens (tertiary/aromatic N) is 5. The van der Waals surface area contributed by atoms with Gasteiger partial charge in [0, 0.05) is 18.4 Å². The predicted molar refractivity (Wildman–Crippen MR) is 112 cm³/mol. The van der Waals surface area contributed by atoms with Crippen molar-refractivity contribution in [2.75, 3.05) is 26.0 Å². The van der Waals surface area contributed by atoms with Crippen LogP contribution in [0.3, 0.4) is 0 Å². The fourth-order valence-corrected chi connectivity index (χ4v) is 4.57. The number of rotatable bonds is 6. The van der Waals surface area contributed by atoms with Crippen molar-refractivity contribution in [1.29, 1.82) is 5.26 Å². The van der Waals surface area contributed by atoms with Crippen molar-refractivity contribution in [2.24, 2.45) is 11.7 Å². The molecule has 2 aromatic rings. The van der Waals surface area contributed by atoms with Gasteiger partial charge in [0.05, 0.1) is 12.1 Å². The molecule has 2 amide bonds. The number of hydrogen-bond acceptors (Lipinski definition) is 7. The number of halogens is 1. The molecule has 0 radical (unpaired) electrons. The van der Waals surface area contributed by atoms with Crippen LogP contribution in [0.5, 0.6) is 0 Å². The Hall–Kier alpha value is -3.65. The van der Waals surface area contributed by atoms with E-state index in [0.717, 1.165) is 0 Å². The molecule has 1 aromatic heterocycles. The molecule has 0 spiro atoms. The van der Waals surface area contributed by atoms with Crippen LogP contribution in [0.15, 0.2) is 30.5 Å².